The number of ether oxygens (including phenoxy) is 1. The molecule has 0 aliphatic carbocycles. The predicted molar refractivity (Wildman–Crippen MR) is 92.0 cm³/mol. The summed E-state index contributed by atoms with van der Waals surface area (Å²) in [6.45, 7) is 0. The third-order valence-electron chi connectivity index (χ3n) is 3.52. The summed E-state index contributed by atoms with van der Waals surface area (Å²) in [7, 11) is 1.64. The van der Waals surface area contributed by atoms with Crippen LogP contribution >= 0.6 is 0 Å². The Balaban J connectivity index is 1.68. The minimum Gasteiger partial charge on any atom is -0.497 e. The Hall–Kier alpha value is -3.55. The lowest BCUT2D eigenvalue weighted by atomic mass is 10.3. The van der Waals surface area contributed by atoms with Gasteiger partial charge in [0.25, 0.3) is 0 Å². The molecule has 0 fully saturated rings. The smallest absolute Gasteiger partial charge is 0.231 e. The maximum Gasteiger partial charge on any atom is 0.231 e. The normalized spacial score (nSPS) is 10.7. The highest BCUT2D eigenvalue weighted by Crippen LogP contribution is 2.26. The minimum atomic E-state index is 0.474. The number of hydrogen-bond acceptors (Lipinski definition) is 6. The van der Waals surface area contributed by atoms with Gasteiger partial charge in [-0.15, -0.1) is 0 Å². The topological polar surface area (TPSA) is 104 Å². The molecule has 0 bridgehead atoms. The molecule has 0 aliphatic rings. The van der Waals surface area contributed by atoms with Crippen LogP contribution < -0.4 is 15.4 Å². The van der Waals surface area contributed by atoms with Crippen molar-refractivity contribution < 1.29 is 4.74 Å². The molecule has 3 heterocycles. The molecular formula is C16H15N7O. The van der Waals surface area contributed by atoms with Crippen molar-refractivity contribution in [2.75, 3.05) is 17.7 Å². The van der Waals surface area contributed by atoms with Gasteiger partial charge in [0, 0.05) is 18.1 Å². The third kappa shape index (κ3) is 2.72. The van der Waals surface area contributed by atoms with E-state index in [1.807, 2.05) is 36.5 Å². The first-order valence-electron chi connectivity index (χ1n) is 7.34. The molecule has 24 heavy (non-hydrogen) atoms. The van der Waals surface area contributed by atoms with E-state index in [9.17, 15) is 0 Å². The predicted octanol–water partition coefficient (Wildman–Crippen LogP) is 3.18. The number of H-pyrrole nitrogens is 2. The van der Waals surface area contributed by atoms with E-state index in [2.05, 4.69) is 35.8 Å². The summed E-state index contributed by atoms with van der Waals surface area (Å²) in [5.74, 6) is 1.98. The fourth-order valence-corrected chi connectivity index (χ4v) is 2.35. The number of anilines is 4. The number of aromatic amines is 2. The molecule has 3 aromatic heterocycles. The molecule has 0 saturated carbocycles. The number of rotatable bonds is 5. The summed E-state index contributed by atoms with van der Waals surface area (Å²) in [4.78, 5) is 12.1. The Morgan fingerprint density at radius 3 is 2.62 bits per heavy atom. The van der Waals surface area contributed by atoms with Crippen molar-refractivity contribution >= 4 is 34.2 Å². The lowest BCUT2D eigenvalue weighted by Gasteiger charge is -2.10. The van der Waals surface area contributed by atoms with E-state index in [1.165, 1.54) is 0 Å². The van der Waals surface area contributed by atoms with Gasteiger partial charge in [-0.25, -0.2) is 0 Å². The molecule has 0 radical (unpaired) electrons. The first-order chi connectivity index (χ1) is 11.8. The molecule has 0 amide bonds. The highest BCUT2D eigenvalue weighted by atomic mass is 16.5. The number of hydrogen-bond donors (Lipinski definition) is 4. The first kappa shape index (κ1) is 14.1. The van der Waals surface area contributed by atoms with Gasteiger partial charge in [0.15, 0.2) is 0 Å². The molecule has 4 aromatic rings. The molecule has 8 nitrogen and oxygen atoms in total. The Morgan fingerprint density at radius 1 is 1.00 bits per heavy atom. The highest BCUT2D eigenvalue weighted by Gasteiger charge is 2.10. The monoisotopic (exact) mass is 321 g/mol. The Kier molecular flexibility index (Phi) is 3.47. The van der Waals surface area contributed by atoms with Crippen LogP contribution in [0.3, 0.4) is 0 Å². The van der Waals surface area contributed by atoms with Gasteiger partial charge in [0.1, 0.15) is 17.2 Å². The summed E-state index contributed by atoms with van der Waals surface area (Å²) in [6, 6.07) is 9.58. The highest BCUT2D eigenvalue weighted by molar-refractivity contribution is 5.90. The van der Waals surface area contributed by atoms with Crippen LogP contribution in [0.1, 0.15) is 0 Å². The quantitative estimate of drug-likeness (QED) is 0.450. The number of methoxy groups -OCH3 is 1. The lowest BCUT2D eigenvalue weighted by molar-refractivity contribution is 0.415. The van der Waals surface area contributed by atoms with Crippen LogP contribution in [0.5, 0.6) is 5.75 Å². The number of aromatic nitrogens is 5. The van der Waals surface area contributed by atoms with Crippen LogP contribution in [-0.2, 0) is 0 Å². The van der Waals surface area contributed by atoms with Crippen molar-refractivity contribution in [3.63, 3.8) is 0 Å². The SMILES string of the molecule is COc1ccc(Nc2nc(Nc3cn[nH]c3)nc3[nH]ccc23)cc1. The Bertz CT molecular complexity index is 944. The van der Waals surface area contributed by atoms with Crippen LogP contribution in [0.2, 0.25) is 0 Å². The molecule has 0 spiro atoms. The molecule has 0 unspecified atom stereocenters. The second kappa shape index (κ2) is 5.92. The van der Waals surface area contributed by atoms with Gasteiger partial charge in [-0.3, -0.25) is 5.10 Å². The van der Waals surface area contributed by atoms with Crippen molar-refractivity contribution in [1.29, 1.82) is 0 Å². The number of benzene rings is 1. The van der Waals surface area contributed by atoms with Crippen LogP contribution in [-0.4, -0.2) is 32.3 Å². The molecule has 4 N–H and O–H groups in total. The summed E-state index contributed by atoms with van der Waals surface area (Å²) >= 11 is 0. The molecular weight excluding hydrogens is 306 g/mol. The van der Waals surface area contributed by atoms with E-state index in [0.717, 1.165) is 28.2 Å². The number of nitrogens with one attached hydrogen (secondary N) is 4. The molecule has 4 rings (SSSR count). The van der Waals surface area contributed by atoms with Gasteiger partial charge in [-0.1, -0.05) is 0 Å². The summed E-state index contributed by atoms with van der Waals surface area (Å²) in [5, 5.41) is 14.0. The minimum absolute atomic E-state index is 0.474. The zero-order chi connectivity index (χ0) is 16.4. The van der Waals surface area contributed by atoms with Crippen molar-refractivity contribution in [2.24, 2.45) is 0 Å². The van der Waals surface area contributed by atoms with E-state index < -0.39 is 0 Å². The van der Waals surface area contributed by atoms with E-state index in [0.29, 0.717) is 11.8 Å². The van der Waals surface area contributed by atoms with E-state index in [1.54, 1.807) is 19.5 Å². The van der Waals surface area contributed by atoms with Crippen molar-refractivity contribution in [3.05, 3.63) is 48.9 Å². The Morgan fingerprint density at radius 2 is 1.88 bits per heavy atom. The van der Waals surface area contributed by atoms with Crippen LogP contribution in [0.15, 0.2) is 48.9 Å². The fraction of sp³-hybridized carbons (Fsp3) is 0.0625. The largest absolute Gasteiger partial charge is 0.497 e. The van der Waals surface area contributed by atoms with Gasteiger partial charge < -0.3 is 20.4 Å². The summed E-state index contributed by atoms with van der Waals surface area (Å²) in [5.41, 5.74) is 2.44. The average Bonchev–Trinajstić information content (AvgIpc) is 3.27. The standard InChI is InChI=1S/C16H15N7O/c1-24-12-4-2-10(3-5-12)20-15-13-6-7-17-14(13)22-16(23-15)21-11-8-18-19-9-11/h2-9H,1H3,(H,18,19)(H3,17,20,21,22,23). The van der Waals surface area contributed by atoms with Gasteiger partial charge >= 0.3 is 0 Å². The van der Waals surface area contributed by atoms with Crippen LogP contribution in [0, 0.1) is 0 Å². The lowest BCUT2D eigenvalue weighted by Crippen LogP contribution is -2.01. The van der Waals surface area contributed by atoms with E-state index in [-0.39, 0.29) is 0 Å². The van der Waals surface area contributed by atoms with Crippen molar-refractivity contribution in [2.45, 2.75) is 0 Å². The van der Waals surface area contributed by atoms with Gasteiger partial charge in [0.2, 0.25) is 5.95 Å². The zero-order valence-corrected chi connectivity index (χ0v) is 12.9. The maximum absolute atomic E-state index is 5.18. The third-order valence-corrected chi connectivity index (χ3v) is 3.52. The second-order valence-electron chi connectivity index (χ2n) is 5.10. The molecule has 1 aromatic carbocycles. The maximum atomic E-state index is 5.18. The number of nitrogens with zero attached hydrogens (tertiary/aromatic N) is 3. The van der Waals surface area contributed by atoms with Gasteiger partial charge in [-0.2, -0.15) is 15.1 Å². The molecule has 0 saturated heterocycles. The molecule has 8 heteroatoms. The fourth-order valence-electron chi connectivity index (χ4n) is 2.35. The summed E-state index contributed by atoms with van der Waals surface area (Å²) < 4.78 is 5.18. The second-order valence-corrected chi connectivity index (χ2v) is 5.10. The average molecular weight is 321 g/mol. The van der Waals surface area contributed by atoms with Crippen molar-refractivity contribution in [1.82, 2.24) is 25.1 Å². The zero-order valence-electron chi connectivity index (χ0n) is 12.9. The summed E-state index contributed by atoms with van der Waals surface area (Å²) in [6.07, 6.45) is 5.23. The number of fused-ring (bicyclic) bond motifs is 1. The molecule has 0 atom stereocenters. The van der Waals surface area contributed by atoms with Gasteiger partial charge in [0.05, 0.1) is 24.4 Å². The van der Waals surface area contributed by atoms with Crippen LogP contribution in [0.4, 0.5) is 23.1 Å². The van der Waals surface area contributed by atoms with Gasteiger partial charge in [-0.05, 0) is 30.3 Å². The van der Waals surface area contributed by atoms with Crippen molar-refractivity contribution in [3.8, 4) is 5.75 Å². The molecule has 0 aliphatic heterocycles. The van der Waals surface area contributed by atoms with E-state index >= 15 is 0 Å². The van der Waals surface area contributed by atoms with Crippen LogP contribution in [0.25, 0.3) is 11.0 Å². The first-order valence-corrected chi connectivity index (χ1v) is 7.34. The Labute approximate surface area is 137 Å². The molecule has 120 valence electrons. The van der Waals surface area contributed by atoms with E-state index in [4.69, 9.17) is 4.74 Å².